The molecule has 4 nitrogen and oxygen atoms in total. The number of carboxylic acids is 1. The van der Waals surface area contributed by atoms with E-state index >= 15 is 0 Å². The minimum Gasteiger partial charge on any atom is -0.487 e. The lowest BCUT2D eigenvalue weighted by Gasteiger charge is -2.17. The highest BCUT2D eigenvalue weighted by Crippen LogP contribution is 2.30. The topological polar surface area (TPSA) is 59.4 Å². The number of aromatic nitrogens is 1. The van der Waals surface area contributed by atoms with Crippen molar-refractivity contribution in [2.24, 2.45) is 0 Å². The number of hydrogen-bond acceptors (Lipinski definition) is 3. The number of aromatic carboxylic acids is 1. The van der Waals surface area contributed by atoms with Crippen LogP contribution in [0.15, 0.2) is 59.1 Å². The Kier molecular flexibility index (Phi) is 7.27. The Morgan fingerprint density at radius 3 is 2.43 bits per heavy atom. The van der Waals surface area contributed by atoms with Gasteiger partial charge in [0.2, 0.25) is 0 Å². The molecule has 3 rings (SSSR count). The van der Waals surface area contributed by atoms with Gasteiger partial charge in [0.1, 0.15) is 12.4 Å². The molecule has 30 heavy (non-hydrogen) atoms. The SMILES string of the molecule is CCCc1nc(COc2ccccc2C(C)C)c(C(=O)O)cc1-c1ccc(Br)cc1. The van der Waals surface area contributed by atoms with Crippen LogP contribution >= 0.6 is 15.9 Å². The van der Waals surface area contributed by atoms with E-state index in [9.17, 15) is 9.90 Å². The van der Waals surface area contributed by atoms with Crippen molar-refractivity contribution >= 4 is 21.9 Å². The van der Waals surface area contributed by atoms with Crippen molar-refractivity contribution < 1.29 is 14.6 Å². The molecule has 1 heterocycles. The summed E-state index contributed by atoms with van der Waals surface area (Å²) in [5.41, 5.74) is 4.41. The van der Waals surface area contributed by atoms with Gasteiger partial charge in [0.15, 0.2) is 0 Å². The predicted octanol–water partition coefficient (Wildman–Crippen LogP) is 6.86. The number of carbonyl (C=O) groups is 1. The second-order valence-electron chi connectivity index (χ2n) is 7.52. The molecule has 0 radical (unpaired) electrons. The standard InChI is InChI=1S/C25H26BrNO3/c1-4-7-22-20(17-10-12-18(26)13-11-17)14-21(25(28)29)23(27-22)15-30-24-9-6-5-8-19(24)16(2)3/h5-6,8-14,16H,4,7,15H2,1-3H3,(H,28,29). The zero-order valence-corrected chi connectivity index (χ0v) is 19.1. The quantitative estimate of drug-likeness (QED) is 0.392. The van der Waals surface area contributed by atoms with Gasteiger partial charge in [-0.1, -0.05) is 73.5 Å². The van der Waals surface area contributed by atoms with E-state index in [4.69, 9.17) is 9.72 Å². The molecule has 1 aromatic heterocycles. The smallest absolute Gasteiger partial charge is 0.337 e. The highest BCUT2D eigenvalue weighted by Gasteiger charge is 2.19. The Morgan fingerprint density at radius 1 is 1.10 bits per heavy atom. The summed E-state index contributed by atoms with van der Waals surface area (Å²) in [5.74, 6) is 0.0721. The first-order chi connectivity index (χ1) is 14.4. The van der Waals surface area contributed by atoms with E-state index in [-0.39, 0.29) is 12.2 Å². The van der Waals surface area contributed by atoms with Gasteiger partial charge in [0.25, 0.3) is 0 Å². The molecule has 0 amide bonds. The molecule has 0 unspecified atom stereocenters. The highest BCUT2D eigenvalue weighted by atomic mass is 79.9. The molecule has 0 aliphatic rings. The van der Waals surface area contributed by atoms with Crippen LogP contribution in [-0.4, -0.2) is 16.1 Å². The number of ether oxygens (including phenoxy) is 1. The fourth-order valence-corrected chi connectivity index (χ4v) is 3.70. The second-order valence-corrected chi connectivity index (χ2v) is 8.44. The van der Waals surface area contributed by atoms with Crippen molar-refractivity contribution in [2.75, 3.05) is 0 Å². The van der Waals surface area contributed by atoms with E-state index in [0.29, 0.717) is 11.6 Å². The molecule has 0 spiro atoms. The average Bonchev–Trinajstić information content (AvgIpc) is 2.73. The number of para-hydroxylation sites is 1. The number of aryl methyl sites for hydroxylation is 1. The van der Waals surface area contributed by atoms with Crippen molar-refractivity contribution in [3.8, 4) is 16.9 Å². The lowest BCUT2D eigenvalue weighted by Crippen LogP contribution is -2.12. The predicted molar refractivity (Wildman–Crippen MR) is 123 cm³/mol. The normalized spacial score (nSPS) is 11.0. The van der Waals surface area contributed by atoms with Crippen LogP contribution in [0.1, 0.15) is 60.4 Å². The number of benzene rings is 2. The molecule has 2 aromatic carbocycles. The first-order valence-corrected chi connectivity index (χ1v) is 10.9. The number of nitrogens with zero attached hydrogens (tertiary/aromatic N) is 1. The minimum absolute atomic E-state index is 0.114. The third kappa shape index (κ3) is 5.08. The Bertz CT molecular complexity index is 1030. The zero-order chi connectivity index (χ0) is 21.7. The largest absolute Gasteiger partial charge is 0.487 e. The fraction of sp³-hybridized carbons (Fsp3) is 0.280. The van der Waals surface area contributed by atoms with Gasteiger partial charge in [-0.2, -0.15) is 0 Å². The summed E-state index contributed by atoms with van der Waals surface area (Å²) in [6, 6.07) is 17.4. The van der Waals surface area contributed by atoms with Crippen LogP contribution in [0, 0.1) is 0 Å². The maximum absolute atomic E-state index is 12.0. The summed E-state index contributed by atoms with van der Waals surface area (Å²) < 4.78 is 7.01. The lowest BCUT2D eigenvalue weighted by molar-refractivity contribution is 0.0693. The summed E-state index contributed by atoms with van der Waals surface area (Å²) in [4.78, 5) is 16.8. The number of halogens is 1. The zero-order valence-electron chi connectivity index (χ0n) is 17.5. The summed E-state index contributed by atoms with van der Waals surface area (Å²) in [7, 11) is 0. The van der Waals surface area contributed by atoms with E-state index in [2.05, 4.69) is 36.7 Å². The molecule has 0 aliphatic carbocycles. The second kappa shape index (κ2) is 9.90. The Balaban J connectivity index is 2.01. The van der Waals surface area contributed by atoms with E-state index in [1.807, 2.05) is 48.5 Å². The third-order valence-electron chi connectivity index (χ3n) is 4.96. The van der Waals surface area contributed by atoms with Crippen molar-refractivity contribution in [2.45, 2.75) is 46.1 Å². The van der Waals surface area contributed by atoms with Gasteiger partial charge in [0.05, 0.1) is 11.3 Å². The van der Waals surface area contributed by atoms with Crippen LogP contribution in [0.5, 0.6) is 5.75 Å². The first kappa shape index (κ1) is 22.0. The van der Waals surface area contributed by atoms with Gasteiger partial charge in [0, 0.05) is 15.7 Å². The highest BCUT2D eigenvalue weighted by molar-refractivity contribution is 9.10. The van der Waals surface area contributed by atoms with Gasteiger partial charge in [-0.05, 0) is 47.7 Å². The van der Waals surface area contributed by atoms with Crippen molar-refractivity contribution in [1.82, 2.24) is 4.98 Å². The molecule has 156 valence electrons. The molecule has 5 heteroatoms. The van der Waals surface area contributed by atoms with Crippen molar-refractivity contribution in [3.05, 3.63) is 81.6 Å². The number of carboxylic acid groups (broad SMARTS) is 1. The van der Waals surface area contributed by atoms with Crippen LogP contribution in [0.25, 0.3) is 11.1 Å². The molecule has 0 atom stereocenters. The summed E-state index contributed by atoms with van der Waals surface area (Å²) >= 11 is 3.45. The molecule has 0 saturated carbocycles. The number of rotatable bonds is 8. The van der Waals surface area contributed by atoms with Crippen LogP contribution in [-0.2, 0) is 13.0 Å². The van der Waals surface area contributed by atoms with Gasteiger partial charge in [-0.15, -0.1) is 0 Å². The molecular formula is C25H26BrNO3. The maximum atomic E-state index is 12.0. The van der Waals surface area contributed by atoms with Crippen LogP contribution < -0.4 is 4.74 Å². The van der Waals surface area contributed by atoms with Crippen molar-refractivity contribution in [1.29, 1.82) is 0 Å². The molecule has 1 N–H and O–H groups in total. The van der Waals surface area contributed by atoms with Crippen LogP contribution in [0.3, 0.4) is 0 Å². The summed E-state index contributed by atoms with van der Waals surface area (Å²) in [6.07, 6.45) is 1.68. The monoisotopic (exact) mass is 467 g/mol. The van der Waals surface area contributed by atoms with Gasteiger partial charge in [-0.25, -0.2) is 4.79 Å². The van der Waals surface area contributed by atoms with E-state index in [1.165, 1.54) is 0 Å². The van der Waals surface area contributed by atoms with Gasteiger partial charge >= 0.3 is 5.97 Å². The molecule has 0 fully saturated rings. The Hall–Kier alpha value is -2.66. The minimum atomic E-state index is -1.00. The first-order valence-electron chi connectivity index (χ1n) is 10.1. The van der Waals surface area contributed by atoms with Crippen LogP contribution in [0.2, 0.25) is 0 Å². The average molecular weight is 468 g/mol. The van der Waals surface area contributed by atoms with Gasteiger partial charge < -0.3 is 9.84 Å². The van der Waals surface area contributed by atoms with E-state index < -0.39 is 5.97 Å². The summed E-state index contributed by atoms with van der Waals surface area (Å²) in [5, 5.41) is 9.84. The van der Waals surface area contributed by atoms with Gasteiger partial charge in [-0.3, -0.25) is 4.98 Å². The maximum Gasteiger partial charge on any atom is 0.337 e. The van der Waals surface area contributed by atoms with Crippen LogP contribution in [0.4, 0.5) is 0 Å². The van der Waals surface area contributed by atoms with E-state index in [0.717, 1.165) is 45.4 Å². The molecular weight excluding hydrogens is 442 g/mol. The number of hydrogen-bond donors (Lipinski definition) is 1. The Morgan fingerprint density at radius 2 is 1.80 bits per heavy atom. The van der Waals surface area contributed by atoms with Crippen molar-refractivity contribution in [3.63, 3.8) is 0 Å². The Labute approximate surface area is 186 Å². The summed E-state index contributed by atoms with van der Waals surface area (Å²) in [6.45, 7) is 6.42. The molecule has 0 saturated heterocycles. The fourth-order valence-electron chi connectivity index (χ4n) is 3.43. The molecule has 0 aliphatic heterocycles. The molecule has 0 bridgehead atoms. The number of pyridine rings is 1. The lowest BCUT2D eigenvalue weighted by atomic mass is 9.98. The third-order valence-corrected chi connectivity index (χ3v) is 5.49. The molecule has 3 aromatic rings. The van der Waals surface area contributed by atoms with E-state index in [1.54, 1.807) is 6.07 Å².